The van der Waals surface area contributed by atoms with E-state index in [0.717, 1.165) is 33.4 Å². The molecule has 0 spiro atoms. The Bertz CT molecular complexity index is 2120. The Labute approximate surface area is 309 Å². The van der Waals surface area contributed by atoms with Crippen LogP contribution in [0.1, 0.15) is 31.1 Å². The molecule has 7 rings (SSSR count). The van der Waals surface area contributed by atoms with Crippen LogP contribution in [0.4, 0.5) is 0 Å². The molecule has 0 aliphatic carbocycles. The van der Waals surface area contributed by atoms with Crippen LogP contribution in [-0.4, -0.2) is 47.8 Å². The maximum absolute atomic E-state index is 13.5. The van der Waals surface area contributed by atoms with Crippen LogP contribution in [0.5, 0.6) is 0 Å². The summed E-state index contributed by atoms with van der Waals surface area (Å²) >= 11 is 3.46. The summed E-state index contributed by atoms with van der Waals surface area (Å²) in [6.07, 6.45) is -3.10. The number of ether oxygens (including phenoxy) is 4. The van der Waals surface area contributed by atoms with Crippen molar-refractivity contribution in [1.82, 2.24) is 0 Å². The summed E-state index contributed by atoms with van der Waals surface area (Å²) in [4.78, 5) is 40.1. The Balaban J connectivity index is 1.07. The third-order valence-electron chi connectivity index (χ3n) is 8.80. The van der Waals surface area contributed by atoms with Gasteiger partial charge in [0.2, 0.25) is 0 Å². The van der Waals surface area contributed by atoms with Crippen LogP contribution < -0.4 is 0 Å². The summed E-state index contributed by atoms with van der Waals surface area (Å²) in [6.45, 7) is -0.258. The lowest BCUT2D eigenvalue weighted by atomic mass is 10.0. The number of rotatable bonds is 10. The van der Waals surface area contributed by atoms with Crippen molar-refractivity contribution in [3.8, 4) is 33.4 Å². The lowest BCUT2D eigenvalue weighted by molar-refractivity contribution is -0.0435. The standard InChI is InChI=1S/C44H33BrO7/c45-41-40(52-44(48)37-26-20-34(21-27-37)31-14-8-3-9-15-31)39(51-43(47)36-24-18-33(19-25-36)30-12-6-2-7-13-30)38(50-41)28-49-42(46)35-22-16-32(17-23-35)29-10-4-1-5-11-29/h1-27,38-41H,28H2/t38-,39-,40+,41?/m0/s1. The number of hydrogen-bond acceptors (Lipinski definition) is 7. The fraction of sp³-hybridized carbons (Fsp3) is 0.114. The molecule has 0 radical (unpaired) electrons. The number of carbonyl (C=O) groups is 3. The zero-order valence-corrected chi connectivity index (χ0v) is 29.4. The summed E-state index contributed by atoms with van der Waals surface area (Å²) in [5.41, 5.74) is 6.86. The van der Waals surface area contributed by atoms with E-state index in [-0.39, 0.29) is 6.61 Å². The van der Waals surface area contributed by atoms with Gasteiger partial charge in [0.05, 0.1) is 16.7 Å². The molecule has 4 atom stereocenters. The van der Waals surface area contributed by atoms with Crippen LogP contribution in [0.2, 0.25) is 0 Å². The topological polar surface area (TPSA) is 88.1 Å². The van der Waals surface area contributed by atoms with Crippen molar-refractivity contribution in [3.05, 3.63) is 180 Å². The van der Waals surface area contributed by atoms with E-state index >= 15 is 0 Å². The maximum atomic E-state index is 13.5. The Morgan fingerprint density at radius 3 is 1.15 bits per heavy atom. The van der Waals surface area contributed by atoms with Crippen molar-refractivity contribution in [1.29, 1.82) is 0 Å². The van der Waals surface area contributed by atoms with Crippen molar-refractivity contribution < 1.29 is 33.3 Å². The van der Waals surface area contributed by atoms with Crippen LogP contribution in [0.25, 0.3) is 33.4 Å². The summed E-state index contributed by atoms with van der Waals surface area (Å²) in [5.74, 6) is -1.84. The second kappa shape index (κ2) is 16.0. The van der Waals surface area contributed by atoms with Gasteiger partial charge in [0.1, 0.15) is 12.7 Å². The van der Waals surface area contributed by atoms with E-state index < -0.39 is 41.2 Å². The number of carbonyl (C=O) groups excluding carboxylic acids is 3. The number of benzene rings is 6. The molecule has 1 fully saturated rings. The highest BCUT2D eigenvalue weighted by Gasteiger charge is 2.49. The van der Waals surface area contributed by atoms with Gasteiger partial charge in [0.25, 0.3) is 0 Å². The Morgan fingerprint density at radius 1 is 0.442 bits per heavy atom. The first-order valence-corrected chi connectivity index (χ1v) is 17.7. The average molecular weight is 754 g/mol. The maximum Gasteiger partial charge on any atom is 0.338 e. The highest BCUT2D eigenvalue weighted by molar-refractivity contribution is 9.09. The lowest BCUT2D eigenvalue weighted by Crippen LogP contribution is -2.41. The van der Waals surface area contributed by atoms with E-state index in [4.69, 9.17) is 18.9 Å². The predicted octanol–water partition coefficient (Wildman–Crippen LogP) is 9.42. The fourth-order valence-electron chi connectivity index (χ4n) is 5.99. The van der Waals surface area contributed by atoms with E-state index in [0.29, 0.717) is 16.7 Å². The van der Waals surface area contributed by atoms with Gasteiger partial charge >= 0.3 is 17.9 Å². The Morgan fingerprint density at radius 2 is 0.769 bits per heavy atom. The van der Waals surface area contributed by atoms with Crippen molar-refractivity contribution in [2.45, 2.75) is 23.3 Å². The highest BCUT2D eigenvalue weighted by Crippen LogP contribution is 2.33. The van der Waals surface area contributed by atoms with E-state index in [9.17, 15) is 14.4 Å². The van der Waals surface area contributed by atoms with Gasteiger partial charge in [-0.05, 0) is 69.8 Å². The zero-order valence-electron chi connectivity index (χ0n) is 27.8. The van der Waals surface area contributed by atoms with Crippen molar-refractivity contribution in [3.63, 3.8) is 0 Å². The fourth-order valence-corrected chi connectivity index (χ4v) is 6.68. The van der Waals surface area contributed by atoms with Gasteiger partial charge in [0, 0.05) is 0 Å². The largest absolute Gasteiger partial charge is 0.459 e. The average Bonchev–Trinajstić information content (AvgIpc) is 3.50. The minimum absolute atomic E-state index is 0.258. The molecule has 0 aromatic heterocycles. The molecule has 1 aliphatic rings. The van der Waals surface area contributed by atoms with Gasteiger partial charge in [-0.1, -0.05) is 143 Å². The molecule has 0 amide bonds. The van der Waals surface area contributed by atoms with Crippen LogP contribution >= 0.6 is 15.9 Å². The molecule has 0 saturated carbocycles. The number of hydrogen-bond donors (Lipinski definition) is 0. The van der Waals surface area contributed by atoms with Crippen molar-refractivity contribution in [2.75, 3.05) is 6.61 Å². The molecule has 1 aliphatic heterocycles. The summed E-state index contributed by atoms with van der Waals surface area (Å²) in [7, 11) is 0. The molecular formula is C44H33BrO7. The quantitative estimate of drug-likeness (QED) is 0.0783. The predicted molar refractivity (Wildman–Crippen MR) is 202 cm³/mol. The number of halogens is 1. The molecule has 258 valence electrons. The third kappa shape index (κ3) is 8.04. The zero-order chi connectivity index (χ0) is 35.9. The molecule has 1 saturated heterocycles. The minimum Gasteiger partial charge on any atom is -0.459 e. The molecule has 0 bridgehead atoms. The molecular weight excluding hydrogens is 720 g/mol. The molecule has 8 heteroatoms. The molecule has 6 aromatic carbocycles. The van der Waals surface area contributed by atoms with Gasteiger partial charge in [-0.3, -0.25) is 0 Å². The number of alkyl halides is 1. The monoisotopic (exact) mass is 752 g/mol. The van der Waals surface area contributed by atoms with Crippen LogP contribution in [0.3, 0.4) is 0 Å². The Kier molecular flexibility index (Phi) is 10.7. The SMILES string of the molecule is O=C(OC[C@@H]1OC(Br)[C@H](OC(=O)c2ccc(-c3ccccc3)cc2)[C@H]1OC(=O)c1ccc(-c2ccccc2)cc1)c1ccc(-c2ccccc2)cc1. The minimum atomic E-state index is -1.11. The molecule has 7 nitrogen and oxygen atoms in total. The van der Waals surface area contributed by atoms with Gasteiger partial charge in [-0.15, -0.1) is 0 Å². The summed E-state index contributed by atoms with van der Waals surface area (Å²) in [5, 5.41) is -0.854. The van der Waals surface area contributed by atoms with E-state index in [1.165, 1.54) is 0 Å². The summed E-state index contributed by atoms with van der Waals surface area (Å²) < 4.78 is 23.6. The van der Waals surface area contributed by atoms with E-state index in [1.807, 2.05) is 127 Å². The third-order valence-corrected chi connectivity index (χ3v) is 9.54. The molecule has 52 heavy (non-hydrogen) atoms. The van der Waals surface area contributed by atoms with Gasteiger partial charge in [-0.25, -0.2) is 14.4 Å². The van der Waals surface area contributed by atoms with Gasteiger partial charge in [-0.2, -0.15) is 0 Å². The first-order valence-electron chi connectivity index (χ1n) is 16.8. The van der Waals surface area contributed by atoms with Gasteiger partial charge in [0.15, 0.2) is 17.2 Å². The lowest BCUT2D eigenvalue weighted by Gasteiger charge is -2.23. The molecule has 1 unspecified atom stereocenters. The van der Waals surface area contributed by atoms with Crippen molar-refractivity contribution >= 4 is 33.8 Å². The Hall–Kier alpha value is -5.83. The number of esters is 3. The first kappa shape index (κ1) is 34.6. The smallest absolute Gasteiger partial charge is 0.338 e. The first-order chi connectivity index (χ1) is 25.4. The van der Waals surface area contributed by atoms with Crippen LogP contribution in [-0.2, 0) is 18.9 Å². The molecule has 1 heterocycles. The molecule has 0 N–H and O–H groups in total. The van der Waals surface area contributed by atoms with Crippen LogP contribution in [0.15, 0.2) is 164 Å². The van der Waals surface area contributed by atoms with E-state index in [2.05, 4.69) is 15.9 Å². The van der Waals surface area contributed by atoms with Crippen molar-refractivity contribution in [2.24, 2.45) is 0 Å². The normalized spacial score (nSPS) is 17.9. The van der Waals surface area contributed by atoms with E-state index in [1.54, 1.807) is 36.4 Å². The van der Waals surface area contributed by atoms with Crippen LogP contribution in [0, 0.1) is 0 Å². The second-order valence-electron chi connectivity index (χ2n) is 12.2. The highest BCUT2D eigenvalue weighted by atomic mass is 79.9. The van der Waals surface area contributed by atoms with Gasteiger partial charge < -0.3 is 18.9 Å². The summed E-state index contributed by atoms with van der Waals surface area (Å²) in [6, 6.07) is 50.6. The molecule has 6 aromatic rings. The second-order valence-corrected chi connectivity index (χ2v) is 13.1.